The van der Waals surface area contributed by atoms with E-state index < -0.39 is 5.97 Å². The van der Waals surface area contributed by atoms with Crippen molar-refractivity contribution in [3.05, 3.63) is 41.5 Å². The van der Waals surface area contributed by atoms with Crippen LogP contribution in [0.1, 0.15) is 12.5 Å². The van der Waals surface area contributed by atoms with E-state index in [0.717, 1.165) is 5.56 Å². The highest BCUT2D eigenvalue weighted by Crippen LogP contribution is 2.21. The molecular formula is C13H12BrNO2. The zero-order valence-corrected chi connectivity index (χ0v) is 11.0. The van der Waals surface area contributed by atoms with Gasteiger partial charge in [-0.2, -0.15) is 5.26 Å². The Bertz CT molecular complexity index is 460. The molecule has 0 aliphatic heterocycles. The lowest BCUT2D eigenvalue weighted by Gasteiger charge is -2.07. The molecular weight excluding hydrogens is 282 g/mol. The first kappa shape index (κ1) is 13.5. The number of rotatable bonds is 4. The number of ether oxygens (including phenoxy) is 1. The van der Waals surface area contributed by atoms with Gasteiger partial charge in [-0.3, -0.25) is 0 Å². The van der Waals surface area contributed by atoms with Gasteiger partial charge in [0.15, 0.2) is 0 Å². The van der Waals surface area contributed by atoms with Crippen LogP contribution in [0.2, 0.25) is 0 Å². The molecule has 0 fully saturated rings. The molecule has 0 amide bonds. The number of carbonyl (C=O) groups excluding carboxylic acids is 1. The van der Waals surface area contributed by atoms with Gasteiger partial charge in [0, 0.05) is 5.33 Å². The molecule has 4 heteroatoms. The van der Waals surface area contributed by atoms with Crippen LogP contribution in [-0.4, -0.2) is 17.9 Å². The molecule has 0 unspecified atom stereocenters. The summed E-state index contributed by atoms with van der Waals surface area (Å²) in [5.74, 6) is -0.576. The Kier molecular flexibility index (Phi) is 5.44. The molecule has 0 spiro atoms. The number of nitrogens with zero attached hydrogens (tertiary/aromatic N) is 1. The van der Waals surface area contributed by atoms with E-state index >= 15 is 0 Å². The maximum absolute atomic E-state index is 11.6. The lowest BCUT2D eigenvalue weighted by atomic mass is 10.0. The maximum atomic E-state index is 11.6. The lowest BCUT2D eigenvalue weighted by Crippen LogP contribution is -2.09. The van der Waals surface area contributed by atoms with E-state index in [4.69, 9.17) is 10.00 Å². The van der Waals surface area contributed by atoms with Crippen LogP contribution in [0.5, 0.6) is 0 Å². The molecule has 3 nitrogen and oxygen atoms in total. The minimum Gasteiger partial charge on any atom is -0.462 e. The third kappa shape index (κ3) is 3.43. The molecule has 1 aromatic carbocycles. The molecule has 0 heterocycles. The highest BCUT2D eigenvalue weighted by Gasteiger charge is 2.16. The highest BCUT2D eigenvalue weighted by molar-refractivity contribution is 9.09. The highest BCUT2D eigenvalue weighted by atomic mass is 79.9. The minimum atomic E-state index is -0.576. The Morgan fingerprint density at radius 2 is 2.06 bits per heavy atom. The Morgan fingerprint density at radius 3 is 2.53 bits per heavy atom. The first-order valence-electron chi connectivity index (χ1n) is 5.16. The fraction of sp³-hybridized carbons (Fsp3) is 0.231. The minimum absolute atomic E-state index is 0.0509. The number of esters is 1. The fourth-order valence-corrected chi connectivity index (χ4v) is 1.97. The molecule has 0 N–H and O–H groups in total. The number of hydrogen-bond acceptors (Lipinski definition) is 3. The zero-order valence-electron chi connectivity index (χ0n) is 9.44. The topological polar surface area (TPSA) is 50.1 Å². The number of benzene rings is 1. The molecule has 0 aromatic heterocycles. The van der Waals surface area contributed by atoms with E-state index in [1.165, 1.54) is 0 Å². The molecule has 0 aliphatic carbocycles. The van der Waals surface area contributed by atoms with Crippen LogP contribution in [-0.2, 0) is 9.53 Å². The Labute approximate surface area is 109 Å². The fourth-order valence-electron chi connectivity index (χ4n) is 1.37. The Balaban J connectivity index is 3.21. The van der Waals surface area contributed by atoms with Gasteiger partial charge in [0.1, 0.15) is 11.6 Å². The SMILES string of the molecule is CCOC(=O)/C(C#N)=C(\CBr)c1ccccc1. The first-order chi connectivity index (χ1) is 8.24. The van der Waals surface area contributed by atoms with E-state index in [9.17, 15) is 4.79 Å². The number of carbonyl (C=O) groups is 1. The molecule has 0 aliphatic rings. The van der Waals surface area contributed by atoms with E-state index in [2.05, 4.69) is 15.9 Å². The number of alkyl halides is 1. The molecule has 0 saturated carbocycles. The molecule has 88 valence electrons. The summed E-state index contributed by atoms with van der Waals surface area (Å²) < 4.78 is 4.86. The predicted octanol–water partition coefficient (Wildman–Crippen LogP) is 2.92. The van der Waals surface area contributed by atoms with Crippen LogP contribution in [0.3, 0.4) is 0 Å². The zero-order chi connectivity index (χ0) is 12.7. The van der Waals surface area contributed by atoms with E-state index in [-0.39, 0.29) is 12.2 Å². The van der Waals surface area contributed by atoms with Gasteiger partial charge < -0.3 is 4.74 Å². The van der Waals surface area contributed by atoms with Crippen molar-refractivity contribution in [3.8, 4) is 6.07 Å². The van der Waals surface area contributed by atoms with Crippen molar-refractivity contribution in [2.45, 2.75) is 6.92 Å². The molecule has 1 aromatic rings. The quantitative estimate of drug-likeness (QED) is 0.371. The van der Waals surface area contributed by atoms with Gasteiger partial charge in [-0.1, -0.05) is 46.3 Å². The Hall–Kier alpha value is -1.60. The maximum Gasteiger partial charge on any atom is 0.349 e. The van der Waals surface area contributed by atoms with Gasteiger partial charge in [0.2, 0.25) is 0 Å². The van der Waals surface area contributed by atoms with Gasteiger partial charge in [-0.05, 0) is 18.1 Å². The third-order valence-electron chi connectivity index (χ3n) is 2.15. The van der Waals surface area contributed by atoms with Crippen LogP contribution in [0, 0.1) is 11.3 Å². The first-order valence-corrected chi connectivity index (χ1v) is 6.28. The van der Waals surface area contributed by atoms with Crippen molar-refractivity contribution < 1.29 is 9.53 Å². The van der Waals surface area contributed by atoms with E-state index in [1.54, 1.807) is 6.92 Å². The molecule has 0 radical (unpaired) electrons. The van der Waals surface area contributed by atoms with Crippen molar-refractivity contribution in [3.63, 3.8) is 0 Å². The van der Waals surface area contributed by atoms with Crippen LogP contribution >= 0.6 is 15.9 Å². The smallest absolute Gasteiger partial charge is 0.349 e. The number of nitriles is 1. The summed E-state index contributed by atoms with van der Waals surface area (Å²) in [5, 5.41) is 9.49. The lowest BCUT2D eigenvalue weighted by molar-refractivity contribution is -0.137. The van der Waals surface area contributed by atoms with E-state index in [1.807, 2.05) is 36.4 Å². The second-order valence-corrected chi connectivity index (χ2v) is 3.75. The van der Waals surface area contributed by atoms with Crippen LogP contribution < -0.4 is 0 Å². The monoisotopic (exact) mass is 293 g/mol. The Morgan fingerprint density at radius 1 is 1.41 bits per heavy atom. The van der Waals surface area contributed by atoms with Crippen LogP contribution in [0.15, 0.2) is 35.9 Å². The molecule has 0 bridgehead atoms. The summed E-state index contributed by atoms with van der Waals surface area (Å²) in [4.78, 5) is 11.6. The largest absolute Gasteiger partial charge is 0.462 e. The summed E-state index contributed by atoms with van der Waals surface area (Å²) in [5.41, 5.74) is 1.54. The van der Waals surface area contributed by atoms with Gasteiger partial charge in [0.25, 0.3) is 0 Å². The van der Waals surface area contributed by atoms with Gasteiger partial charge in [-0.15, -0.1) is 0 Å². The third-order valence-corrected chi connectivity index (χ3v) is 2.71. The average molecular weight is 294 g/mol. The second-order valence-electron chi connectivity index (χ2n) is 3.19. The van der Waals surface area contributed by atoms with Crippen molar-refractivity contribution in [1.29, 1.82) is 5.26 Å². The summed E-state index contributed by atoms with van der Waals surface area (Å²) >= 11 is 3.30. The average Bonchev–Trinajstić information content (AvgIpc) is 2.37. The molecule has 1 rings (SSSR count). The van der Waals surface area contributed by atoms with Crippen molar-refractivity contribution in [1.82, 2.24) is 0 Å². The summed E-state index contributed by atoms with van der Waals surface area (Å²) in [6.07, 6.45) is 0. The summed E-state index contributed by atoms with van der Waals surface area (Å²) in [6.45, 7) is 1.97. The number of allylic oxidation sites excluding steroid dienone is 1. The standard InChI is InChI=1S/C13H12BrNO2/c1-2-17-13(16)12(9-15)11(8-14)10-6-4-3-5-7-10/h3-7H,2,8H2,1H3/b12-11+. The number of halogens is 1. The molecule has 0 atom stereocenters. The van der Waals surface area contributed by atoms with Crippen LogP contribution in [0.25, 0.3) is 5.57 Å². The summed E-state index contributed by atoms with van der Waals surface area (Å²) in [6, 6.07) is 11.2. The molecule has 0 saturated heterocycles. The van der Waals surface area contributed by atoms with E-state index in [0.29, 0.717) is 10.9 Å². The second kappa shape index (κ2) is 6.87. The van der Waals surface area contributed by atoms with Crippen molar-refractivity contribution >= 4 is 27.5 Å². The normalized spacial score (nSPS) is 11.4. The van der Waals surface area contributed by atoms with Gasteiger partial charge in [0.05, 0.1) is 6.61 Å². The van der Waals surface area contributed by atoms with Gasteiger partial charge in [-0.25, -0.2) is 4.79 Å². The van der Waals surface area contributed by atoms with Gasteiger partial charge >= 0.3 is 5.97 Å². The van der Waals surface area contributed by atoms with Crippen molar-refractivity contribution in [2.75, 3.05) is 11.9 Å². The van der Waals surface area contributed by atoms with Crippen molar-refractivity contribution in [2.24, 2.45) is 0 Å². The summed E-state index contributed by atoms with van der Waals surface area (Å²) in [7, 11) is 0. The van der Waals surface area contributed by atoms with Crippen LogP contribution in [0.4, 0.5) is 0 Å². The predicted molar refractivity (Wildman–Crippen MR) is 69.4 cm³/mol. The number of hydrogen-bond donors (Lipinski definition) is 0. The molecule has 17 heavy (non-hydrogen) atoms.